The van der Waals surface area contributed by atoms with E-state index in [1.807, 2.05) is 6.07 Å². The molecule has 0 unspecified atom stereocenters. The van der Waals surface area contributed by atoms with Gasteiger partial charge in [0, 0.05) is 23.6 Å². The summed E-state index contributed by atoms with van der Waals surface area (Å²) in [5.74, 6) is 0.451. The highest BCUT2D eigenvalue weighted by atomic mass is 32.2. The number of thioether (sulfide) groups is 1. The van der Waals surface area contributed by atoms with Gasteiger partial charge < -0.3 is 0 Å². The number of hydrogen-bond acceptors (Lipinski definition) is 4. The third-order valence-electron chi connectivity index (χ3n) is 3.50. The van der Waals surface area contributed by atoms with Crippen molar-refractivity contribution < 1.29 is 13.2 Å². The zero-order valence-corrected chi connectivity index (χ0v) is 12.8. The minimum atomic E-state index is -4.56. The summed E-state index contributed by atoms with van der Waals surface area (Å²) in [5, 5.41) is 9.32. The number of nitrogens with zero attached hydrogens (tertiary/aromatic N) is 3. The topological polar surface area (TPSA) is 49.6 Å². The van der Waals surface area contributed by atoms with E-state index >= 15 is 0 Å². The second-order valence-corrected chi connectivity index (χ2v) is 6.23. The van der Waals surface area contributed by atoms with Crippen LogP contribution in [0.1, 0.15) is 41.3 Å². The summed E-state index contributed by atoms with van der Waals surface area (Å²) in [6.45, 7) is 0. The average Bonchev–Trinajstić information content (AvgIpc) is 3.37. The minimum Gasteiger partial charge on any atom is -0.260 e. The van der Waals surface area contributed by atoms with Crippen LogP contribution < -0.4 is 0 Å². The Morgan fingerprint density at radius 3 is 2.65 bits per heavy atom. The molecular weight excluding hydrogens is 323 g/mol. The van der Waals surface area contributed by atoms with Gasteiger partial charge in [0.05, 0.1) is 16.8 Å². The van der Waals surface area contributed by atoms with Crippen LogP contribution in [0.3, 0.4) is 0 Å². The zero-order valence-electron chi connectivity index (χ0n) is 12.0. The maximum absolute atomic E-state index is 13.2. The van der Waals surface area contributed by atoms with Gasteiger partial charge in [-0.2, -0.15) is 18.4 Å². The molecule has 0 N–H and O–H groups in total. The van der Waals surface area contributed by atoms with Gasteiger partial charge in [-0.25, -0.2) is 4.98 Å². The monoisotopic (exact) mass is 335 g/mol. The molecule has 7 heteroatoms. The number of halogens is 3. The van der Waals surface area contributed by atoms with E-state index in [1.165, 1.54) is 0 Å². The fourth-order valence-corrected chi connectivity index (χ4v) is 3.12. The molecule has 2 heterocycles. The predicted molar refractivity (Wildman–Crippen MR) is 79.7 cm³/mol. The van der Waals surface area contributed by atoms with Crippen molar-refractivity contribution in [1.29, 1.82) is 5.26 Å². The van der Waals surface area contributed by atoms with Crippen LogP contribution in [0, 0.1) is 11.3 Å². The number of pyridine rings is 2. The van der Waals surface area contributed by atoms with Crippen LogP contribution in [0.4, 0.5) is 13.2 Å². The molecule has 0 radical (unpaired) electrons. The molecule has 0 aromatic carbocycles. The maximum Gasteiger partial charge on any atom is 0.417 e. The van der Waals surface area contributed by atoms with Crippen LogP contribution in [-0.2, 0) is 11.9 Å². The Kier molecular flexibility index (Phi) is 4.26. The Labute approximate surface area is 135 Å². The SMILES string of the molecule is N#Cc1c(C(F)(F)F)cc(C2CC2)nc1SCc1ccccn1. The lowest BCUT2D eigenvalue weighted by Crippen LogP contribution is -2.11. The second kappa shape index (κ2) is 6.20. The van der Waals surface area contributed by atoms with Crippen molar-refractivity contribution in [3.8, 4) is 6.07 Å². The van der Waals surface area contributed by atoms with Crippen molar-refractivity contribution in [3.05, 3.63) is 53.0 Å². The number of rotatable bonds is 4. The molecule has 3 rings (SSSR count). The van der Waals surface area contributed by atoms with Crippen LogP contribution in [0.2, 0.25) is 0 Å². The fourth-order valence-electron chi connectivity index (χ4n) is 2.19. The standard InChI is InChI=1S/C16H12F3N3S/c17-16(18,19)13-7-14(10-4-5-10)22-15(12(13)8-20)23-9-11-3-1-2-6-21-11/h1-3,6-7,10H,4-5,9H2. The molecule has 1 fully saturated rings. The summed E-state index contributed by atoms with van der Waals surface area (Å²) < 4.78 is 39.7. The Morgan fingerprint density at radius 2 is 2.09 bits per heavy atom. The lowest BCUT2D eigenvalue weighted by Gasteiger charge is -2.13. The summed E-state index contributed by atoms with van der Waals surface area (Å²) in [5.41, 5.74) is -0.128. The Morgan fingerprint density at radius 1 is 1.30 bits per heavy atom. The lowest BCUT2D eigenvalue weighted by atomic mass is 10.1. The molecule has 1 saturated carbocycles. The molecule has 0 amide bonds. The lowest BCUT2D eigenvalue weighted by molar-refractivity contribution is -0.138. The van der Waals surface area contributed by atoms with Crippen molar-refractivity contribution in [1.82, 2.24) is 9.97 Å². The normalized spacial score (nSPS) is 14.5. The van der Waals surface area contributed by atoms with Gasteiger partial charge in [-0.1, -0.05) is 17.8 Å². The zero-order chi connectivity index (χ0) is 16.4. The largest absolute Gasteiger partial charge is 0.417 e. The van der Waals surface area contributed by atoms with Gasteiger partial charge >= 0.3 is 6.18 Å². The molecule has 0 spiro atoms. The maximum atomic E-state index is 13.2. The third-order valence-corrected chi connectivity index (χ3v) is 4.51. The molecule has 118 valence electrons. The molecule has 2 aromatic heterocycles. The Bertz CT molecular complexity index is 750. The predicted octanol–water partition coefficient (Wildman–Crippen LogP) is 4.54. The molecule has 0 aliphatic heterocycles. The minimum absolute atomic E-state index is 0.0815. The van der Waals surface area contributed by atoms with E-state index in [2.05, 4.69) is 9.97 Å². The van der Waals surface area contributed by atoms with Gasteiger partial charge in [-0.15, -0.1) is 0 Å². The van der Waals surface area contributed by atoms with Gasteiger partial charge in [0.15, 0.2) is 0 Å². The Hall–Kier alpha value is -2.07. The summed E-state index contributed by atoms with van der Waals surface area (Å²) in [4.78, 5) is 8.44. The number of aromatic nitrogens is 2. The van der Waals surface area contributed by atoms with Crippen LogP contribution in [0.25, 0.3) is 0 Å². The summed E-state index contributed by atoms with van der Waals surface area (Å²) in [7, 11) is 0. The number of alkyl halides is 3. The highest BCUT2D eigenvalue weighted by molar-refractivity contribution is 7.98. The summed E-state index contributed by atoms with van der Waals surface area (Å²) in [6, 6.07) is 8.06. The van der Waals surface area contributed by atoms with Crippen molar-refractivity contribution in [2.24, 2.45) is 0 Å². The van der Waals surface area contributed by atoms with Crippen LogP contribution >= 0.6 is 11.8 Å². The highest BCUT2D eigenvalue weighted by Gasteiger charge is 2.38. The van der Waals surface area contributed by atoms with Crippen LogP contribution in [0.5, 0.6) is 0 Å². The van der Waals surface area contributed by atoms with Gasteiger partial charge in [0.25, 0.3) is 0 Å². The van der Waals surface area contributed by atoms with Gasteiger partial charge in [0.1, 0.15) is 11.1 Å². The molecule has 0 bridgehead atoms. The molecule has 1 aliphatic rings. The van der Waals surface area contributed by atoms with E-state index < -0.39 is 17.3 Å². The first-order valence-electron chi connectivity index (χ1n) is 7.04. The van der Waals surface area contributed by atoms with Gasteiger partial charge in [-0.3, -0.25) is 4.98 Å². The first kappa shape index (κ1) is 15.8. The molecular formula is C16H12F3N3S. The molecule has 3 nitrogen and oxygen atoms in total. The molecule has 0 atom stereocenters. The van der Waals surface area contributed by atoms with E-state index in [1.54, 1.807) is 24.4 Å². The van der Waals surface area contributed by atoms with E-state index in [0.29, 0.717) is 11.4 Å². The van der Waals surface area contributed by atoms with Crippen molar-refractivity contribution in [2.75, 3.05) is 0 Å². The van der Waals surface area contributed by atoms with Gasteiger partial charge in [-0.05, 0) is 31.0 Å². The van der Waals surface area contributed by atoms with Crippen LogP contribution in [0.15, 0.2) is 35.5 Å². The van der Waals surface area contributed by atoms with E-state index in [-0.39, 0.29) is 10.9 Å². The van der Waals surface area contributed by atoms with E-state index in [4.69, 9.17) is 0 Å². The van der Waals surface area contributed by atoms with Crippen molar-refractivity contribution >= 4 is 11.8 Å². The highest BCUT2D eigenvalue weighted by Crippen LogP contribution is 2.43. The average molecular weight is 335 g/mol. The fraction of sp³-hybridized carbons (Fsp3) is 0.312. The Balaban J connectivity index is 1.97. The quantitative estimate of drug-likeness (QED) is 0.770. The third kappa shape index (κ3) is 3.64. The van der Waals surface area contributed by atoms with Crippen molar-refractivity contribution in [2.45, 2.75) is 35.7 Å². The first-order valence-corrected chi connectivity index (χ1v) is 8.02. The second-order valence-electron chi connectivity index (χ2n) is 5.27. The summed E-state index contributed by atoms with van der Waals surface area (Å²) >= 11 is 1.12. The van der Waals surface area contributed by atoms with Crippen molar-refractivity contribution in [3.63, 3.8) is 0 Å². The van der Waals surface area contributed by atoms with E-state index in [0.717, 1.165) is 36.4 Å². The smallest absolute Gasteiger partial charge is 0.260 e. The molecule has 23 heavy (non-hydrogen) atoms. The van der Waals surface area contributed by atoms with Gasteiger partial charge in [0.2, 0.25) is 0 Å². The van der Waals surface area contributed by atoms with Crippen LogP contribution in [-0.4, -0.2) is 9.97 Å². The van der Waals surface area contributed by atoms with E-state index in [9.17, 15) is 18.4 Å². The molecule has 1 aliphatic carbocycles. The first-order chi connectivity index (χ1) is 11.0. The summed E-state index contributed by atoms with van der Waals surface area (Å²) in [6.07, 6.45) is -1.24. The number of hydrogen-bond donors (Lipinski definition) is 0. The number of nitriles is 1. The molecule has 0 saturated heterocycles. The molecule has 2 aromatic rings.